The second-order valence-corrected chi connectivity index (χ2v) is 5.70. The van der Waals surface area contributed by atoms with Gasteiger partial charge in [-0.2, -0.15) is 0 Å². The van der Waals surface area contributed by atoms with Crippen molar-refractivity contribution in [1.82, 2.24) is 4.72 Å². The van der Waals surface area contributed by atoms with Crippen molar-refractivity contribution in [3.63, 3.8) is 0 Å². The molecule has 6 nitrogen and oxygen atoms in total. The smallest absolute Gasteiger partial charge is 0.172 e. The molecule has 120 valence electrons. The topological polar surface area (TPSA) is 80.2 Å². The summed E-state index contributed by atoms with van der Waals surface area (Å²) >= 11 is 1.45. The van der Waals surface area contributed by atoms with Gasteiger partial charge in [-0.05, 0) is 24.4 Å². The molecule has 0 radical (unpaired) electrons. The average molecular weight is 324 g/mol. The fourth-order valence-electron chi connectivity index (χ4n) is 1.93. The normalized spacial score (nSPS) is 22.0. The lowest BCUT2D eigenvalue weighted by Gasteiger charge is -2.06. The molecule has 2 N–H and O–H groups in total. The highest BCUT2D eigenvalue weighted by molar-refractivity contribution is 8.01. The largest absolute Gasteiger partial charge is 0.395 e. The minimum Gasteiger partial charge on any atom is -0.395 e. The molecule has 0 saturated carbocycles. The number of carbonyl (C=O) groups excluding carboxylic acids is 1. The van der Waals surface area contributed by atoms with E-state index in [0.717, 1.165) is 16.9 Å². The molecule has 2 rings (SSSR count). The summed E-state index contributed by atoms with van der Waals surface area (Å²) in [6.07, 6.45) is 9.84. The molecule has 22 heavy (non-hydrogen) atoms. The molecule has 1 atom stereocenters. The Balaban J connectivity index is 1.92. The lowest BCUT2D eigenvalue weighted by Crippen LogP contribution is -2.12. The number of aliphatic hydroxyl groups excluding tert-OH is 1. The van der Waals surface area contributed by atoms with Crippen LogP contribution in [0.5, 0.6) is 0 Å². The number of carbonyl (C=O) groups is 1. The van der Waals surface area contributed by atoms with Crippen molar-refractivity contribution < 1.29 is 19.5 Å². The van der Waals surface area contributed by atoms with Gasteiger partial charge in [0.1, 0.15) is 5.71 Å². The van der Waals surface area contributed by atoms with E-state index in [9.17, 15) is 4.79 Å². The molecule has 1 aliphatic carbocycles. The number of ether oxygens (including phenoxy) is 1. The molecule has 1 aliphatic heterocycles. The van der Waals surface area contributed by atoms with Crippen LogP contribution >= 0.6 is 11.9 Å². The lowest BCUT2D eigenvalue weighted by molar-refractivity contribution is -0.102. The number of allylic oxidation sites excluding steroid dienone is 5. The zero-order chi connectivity index (χ0) is 15.6. The number of hydrogen-bond donors (Lipinski definition) is 2. The van der Waals surface area contributed by atoms with Gasteiger partial charge in [-0.25, -0.2) is 0 Å². The predicted octanol–water partition coefficient (Wildman–Crippen LogP) is 1.35. The van der Waals surface area contributed by atoms with Gasteiger partial charge in [0.25, 0.3) is 0 Å². The zero-order valence-corrected chi connectivity index (χ0v) is 13.1. The summed E-state index contributed by atoms with van der Waals surface area (Å²) in [4.78, 5) is 17.6. The Morgan fingerprint density at radius 3 is 3.18 bits per heavy atom. The molecule has 1 heterocycles. The monoisotopic (exact) mass is 324 g/mol. The maximum absolute atomic E-state index is 11.2. The van der Waals surface area contributed by atoms with E-state index in [1.165, 1.54) is 11.9 Å². The number of aliphatic hydroxyl groups is 1. The highest BCUT2D eigenvalue weighted by atomic mass is 32.2. The first-order chi connectivity index (χ1) is 10.8. The molecule has 0 spiro atoms. The fourth-order valence-corrected chi connectivity index (χ4v) is 2.60. The van der Waals surface area contributed by atoms with Crippen LogP contribution in [0.4, 0.5) is 0 Å². The number of nitrogens with one attached hydrogen (secondary N) is 1. The van der Waals surface area contributed by atoms with Crippen LogP contribution in [0.15, 0.2) is 39.9 Å². The summed E-state index contributed by atoms with van der Waals surface area (Å²) in [5.74, 6) is 0. The van der Waals surface area contributed by atoms with Crippen molar-refractivity contribution in [2.75, 3.05) is 26.4 Å². The van der Waals surface area contributed by atoms with E-state index in [4.69, 9.17) is 14.7 Å². The van der Waals surface area contributed by atoms with Crippen molar-refractivity contribution in [2.24, 2.45) is 5.16 Å². The molecule has 0 aromatic heterocycles. The first kappa shape index (κ1) is 17.0. The van der Waals surface area contributed by atoms with E-state index in [1.807, 2.05) is 24.3 Å². The maximum Gasteiger partial charge on any atom is 0.172 e. The van der Waals surface area contributed by atoms with Crippen molar-refractivity contribution in [3.8, 4) is 0 Å². The van der Waals surface area contributed by atoms with Gasteiger partial charge in [0.15, 0.2) is 12.4 Å². The Kier molecular flexibility index (Phi) is 7.38. The van der Waals surface area contributed by atoms with Gasteiger partial charge >= 0.3 is 0 Å². The molecular weight excluding hydrogens is 304 g/mol. The maximum atomic E-state index is 11.2. The molecule has 0 amide bonds. The minimum atomic E-state index is -0.0720. The van der Waals surface area contributed by atoms with Gasteiger partial charge in [-0.15, -0.1) is 0 Å². The average Bonchev–Trinajstić information content (AvgIpc) is 2.94. The Hall–Kier alpha value is -1.41. The minimum absolute atomic E-state index is 0.0720. The summed E-state index contributed by atoms with van der Waals surface area (Å²) in [6, 6.07) is 0. The van der Waals surface area contributed by atoms with Crippen LogP contribution in [-0.4, -0.2) is 49.6 Å². The van der Waals surface area contributed by atoms with Gasteiger partial charge in [-0.3, -0.25) is 9.52 Å². The van der Waals surface area contributed by atoms with E-state index >= 15 is 0 Å². The Morgan fingerprint density at radius 2 is 2.45 bits per heavy atom. The lowest BCUT2D eigenvalue weighted by atomic mass is 10.1. The third-order valence-corrected chi connectivity index (χ3v) is 3.97. The van der Waals surface area contributed by atoms with Crippen molar-refractivity contribution in [2.45, 2.75) is 18.9 Å². The van der Waals surface area contributed by atoms with Crippen LogP contribution in [-0.2, 0) is 14.4 Å². The number of rotatable bonds is 8. The Labute approximate surface area is 134 Å². The molecule has 2 aliphatic rings. The van der Waals surface area contributed by atoms with Crippen molar-refractivity contribution in [1.29, 1.82) is 0 Å². The molecule has 1 fully saturated rings. The van der Waals surface area contributed by atoms with Gasteiger partial charge < -0.3 is 14.7 Å². The van der Waals surface area contributed by atoms with Gasteiger partial charge in [0.05, 0.1) is 19.8 Å². The van der Waals surface area contributed by atoms with Crippen LogP contribution in [0.2, 0.25) is 0 Å². The molecule has 1 saturated heterocycles. The quantitative estimate of drug-likeness (QED) is 0.231. The number of oxime groups is 1. The fraction of sp³-hybridized carbons (Fsp3) is 0.467. The van der Waals surface area contributed by atoms with Gasteiger partial charge in [-0.1, -0.05) is 23.4 Å². The Morgan fingerprint density at radius 1 is 1.55 bits per heavy atom. The first-order valence-electron chi connectivity index (χ1n) is 7.19. The van der Waals surface area contributed by atoms with Crippen LogP contribution in [0.1, 0.15) is 12.8 Å². The van der Waals surface area contributed by atoms with E-state index in [1.54, 1.807) is 0 Å². The molecule has 7 heteroatoms. The second-order valence-electron chi connectivity index (χ2n) is 4.74. The summed E-state index contributed by atoms with van der Waals surface area (Å²) in [7, 11) is 0. The summed E-state index contributed by atoms with van der Waals surface area (Å²) in [5, 5.41) is 12.7. The number of nitrogens with zero attached hydrogens (tertiary/aromatic N) is 1. The standard InChI is InChI=1S/C15H20N2O4S/c18-8-7-16-22-14-3-1-2-12(4-5-14)15(10-19)17-21-13-6-9-20-11-13/h2-5,10,13,16,18H,1,6-9,11H2/b17-15-/t13-/m1/s1. The van der Waals surface area contributed by atoms with Crippen molar-refractivity contribution >= 4 is 23.9 Å². The molecule has 0 aromatic rings. The van der Waals surface area contributed by atoms with Crippen molar-refractivity contribution in [3.05, 3.63) is 34.8 Å². The molecular formula is C15H20N2O4S. The second kappa shape index (κ2) is 9.58. The SMILES string of the molecule is O=C/C(=N/O[C@@H]1CCOC1)C1=CCC=C(SNCCO)C=C1. The van der Waals surface area contributed by atoms with E-state index < -0.39 is 0 Å². The van der Waals surface area contributed by atoms with Crippen LogP contribution < -0.4 is 4.72 Å². The third kappa shape index (κ3) is 5.42. The first-order valence-corrected chi connectivity index (χ1v) is 8.01. The van der Waals surface area contributed by atoms with Gasteiger partial charge in [0, 0.05) is 23.4 Å². The van der Waals surface area contributed by atoms with Gasteiger partial charge in [0.2, 0.25) is 0 Å². The summed E-state index contributed by atoms with van der Waals surface area (Å²) < 4.78 is 8.24. The third-order valence-electron chi connectivity index (χ3n) is 3.08. The van der Waals surface area contributed by atoms with Crippen LogP contribution in [0.25, 0.3) is 0 Å². The number of hydrogen-bond acceptors (Lipinski definition) is 7. The number of aldehydes is 1. The zero-order valence-electron chi connectivity index (χ0n) is 12.2. The highest BCUT2D eigenvalue weighted by Gasteiger charge is 2.17. The summed E-state index contributed by atoms with van der Waals surface area (Å²) in [6.45, 7) is 1.81. The highest BCUT2D eigenvalue weighted by Crippen LogP contribution is 2.19. The van der Waals surface area contributed by atoms with E-state index in [0.29, 0.717) is 32.5 Å². The Bertz CT molecular complexity index is 494. The van der Waals surface area contributed by atoms with E-state index in [-0.39, 0.29) is 18.4 Å². The predicted molar refractivity (Wildman–Crippen MR) is 86.4 cm³/mol. The summed E-state index contributed by atoms with van der Waals surface area (Å²) in [5.41, 5.74) is 1.02. The van der Waals surface area contributed by atoms with E-state index in [2.05, 4.69) is 9.88 Å². The molecule has 0 bridgehead atoms. The van der Waals surface area contributed by atoms with Crippen LogP contribution in [0.3, 0.4) is 0 Å². The van der Waals surface area contributed by atoms with Crippen LogP contribution in [0, 0.1) is 0 Å². The molecule has 0 aromatic carbocycles. The molecule has 0 unspecified atom stereocenters.